The fourth-order valence-electron chi connectivity index (χ4n) is 2.59. The number of unbranched alkanes of at least 4 members (excludes halogenated alkanes) is 1. The molecule has 1 aromatic heterocycles. The summed E-state index contributed by atoms with van der Waals surface area (Å²) in [5.41, 5.74) is 3.03. The Kier molecular flexibility index (Phi) is 5.20. The van der Waals surface area contributed by atoms with Crippen molar-refractivity contribution < 1.29 is 14.7 Å². The van der Waals surface area contributed by atoms with Crippen LogP contribution in [0.1, 0.15) is 37.3 Å². The van der Waals surface area contributed by atoms with Crippen molar-refractivity contribution in [3.05, 3.63) is 35.5 Å². The van der Waals surface area contributed by atoms with Gasteiger partial charge >= 0.3 is 5.97 Å². The summed E-state index contributed by atoms with van der Waals surface area (Å²) in [7, 11) is 0. The van der Waals surface area contributed by atoms with Crippen LogP contribution in [0, 0.1) is 6.92 Å². The predicted molar refractivity (Wildman–Crippen MR) is 85.8 cm³/mol. The predicted octanol–water partition coefficient (Wildman–Crippen LogP) is 2.78. The van der Waals surface area contributed by atoms with E-state index in [1.165, 1.54) is 0 Å². The monoisotopic (exact) mass is 302 g/mol. The number of H-pyrrole nitrogens is 1. The number of aryl methyl sites for hydroxylation is 1. The summed E-state index contributed by atoms with van der Waals surface area (Å²) in [5.74, 6) is -1.23. The molecule has 118 valence electrons. The number of rotatable bonds is 7. The number of carbonyl (C=O) groups is 2. The van der Waals surface area contributed by atoms with E-state index in [0.29, 0.717) is 6.42 Å². The maximum atomic E-state index is 12.1. The zero-order valence-electron chi connectivity index (χ0n) is 13.0. The number of hydrogen-bond acceptors (Lipinski definition) is 2. The van der Waals surface area contributed by atoms with E-state index in [1.54, 1.807) is 0 Å². The number of aliphatic carboxylic acids is 1. The first-order valence-electron chi connectivity index (χ1n) is 7.60. The summed E-state index contributed by atoms with van der Waals surface area (Å²) in [5, 5.41) is 12.8. The number of aromatic nitrogens is 1. The molecule has 0 unspecified atom stereocenters. The first-order chi connectivity index (χ1) is 10.5. The minimum atomic E-state index is -0.975. The van der Waals surface area contributed by atoms with Crippen molar-refractivity contribution in [1.29, 1.82) is 0 Å². The van der Waals surface area contributed by atoms with Crippen LogP contribution in [-0.4, -0.2) is 28.0 Å². The van der Waals surface area contributed by atoms with Crippen molar-refractivity contribution in [2.24, 2.45) is 0 Å². The lowest BCUT2D eigenvalue weighted by atomic mass is 10.1. The van der Waals surface area contributed by atoms with Crippen molar-refractivity contribution in [3.63, 3.8) is 0 Å². The molecule has 3 N–H and O–H groups in total. The van der Waals surface area contributed by atoms with E-state index < -0.39 is 12.0 Å². The van der Waals surface area contributed by atoms with Gasteiger partial charge in [-0.3, -0.25) is 4.79 Å². The topological polar surface area (TPSA) is 82.2 Å². The summed E-state index contributed by atoms with van der Waals surface area (Å²) in [6, 6.07) is 5.12. The standard InChI is InChI=1S/C17H22N2O3/c1-3-4-8-14(17(21)22)19-15(20)9-12-10-18-16-11(2)6-5-7-13(12)16/h5-7,10,14,18H,3-4,8-9H2,1-2H3,(H,19,20)(H,21,22)/t14-/m0/s1. The van der Waals surface area contributed by atoms with Crippen LogP contribution in [0.2, 0.25) is 0 Å². The number of fused-ring (bicyclic) bond motifs is 1. The van der Waals surface area contributed by atoms with E-state index in [-0.39, 0.29) is 12.3 Å². The minimum absolute atomic E-state index is 0.180. The third-order valence-corrected chi connectivity index (χ3v) is 3.84. The van der Waals surface area contributed by atoms with E-state index in [1.807, 2.05) is 38.2 Å². The zero-order chi connectivity index (χ0) is 16.1. The molecule has 1 aromatic carbocycles. The van der Waals surface area contributed by atoms with E-state index in [0.717, 1.165) is 34.9 Å². The second kappa shape index (κ2) is 7.11. The Morgan fingerprint density at radius 1 is 1.36 bits per heavy atom. The van der Waals surface area contributed by atoms with Gasteiger partial charge in [0.1, 0.15) is 6.04 Å². The first-order valence-corrected chi connectivity index (χ1v) is 7.60. The molecule has 0 radical (unpaired) electrons. The van der Waals surface area contributed by atoms with E-state index in [2.05, 4.69) is 10.3 Å². The van der Waals surface area contributed by atoms with Gasteiger partial charge in [-0.25, -0.2) is 4.79 Å². The maximum absolute atomic E-state index is 12.1. The third kappa shape index (κ3) is 3.67. The van der Waals surface area contributed by atoms with Crippen LogP contribution < -0.4 is 5.32 Å². The van der Waals surface area contributed by atoms with Gasteiger partial charge in [0.2, 0.25) is 5.91 Å². The Morgan fingerprint density at radius 2 is 2.14 bits per heavy atom. The van der Waals surface area contributed by atoms with E-state index in [4.69, 9.17) is 5.11 Å². The molecule has 0 bridgehead atoms. The molecule has 5 nitrogen and oxygen atoms in total. The first kappa shape index (κ1) is 16.1. The quantitative estimate of drug-likeness (QED) is 0.735. The molecule has 0 aliphatic rings. The Morgan fingerprint density at radius 3 is 2.82 bits per heavy atom. The molecule has 1 atom stereocenters. The maximum Gasteiger partial charge on any atom is 0.326 e. The number of carbonyl (C=O) groups excluding carboxylic acids is 1. The van der Waals surface area contributed by atoms with Gasteiger partial charge in [-0.2, -0.15) is 0 Å². The molecule has 0 spiro atoms. The lowest BCUT2D eigenvalue weighted by Crippen LogP contribution is -2.41. The highest BCUT2D eigenvalue weighted by atomic mass is 16.4. The molecule has 5 heteroatoms. The van der Waals surface area contributed by atoms with Crippen molar-refractivity contribution in [3.8, 4) is 0 Å². The Bertz CT molecular complexity index is 676. The van der Waals surface area contributed by atoms with Crippen molar-refractivity contribution in [2.45, 2.75) is 45.6 Å². The smallest absolute Gasteiger partial charge is 0.326 e. The van der Waals surface area contributed by atoms with Crippen LogP contribution in [0.3, 0.4) is 0 Å². The van der Waals surface area contributed by atoms with Crippen LogP contribution in [0.25, 0.3) is 10.9 Å². The van der Waals surface area contributed by atoms with Gasteiger partial charge in [0, 0.05) is 17.1 Å². The average Bonchev–Trinajstić information content (AvgIpc) is 2.88. The average molecular weight is 302 g/mol. The summed E-state index contributed by atoms with van der Waals surface area (Å²) in [6.07, 6.45) is 4.15. The highest BCUT2D eigenvalue weighted by molar-refractivity contribution is 5.91. The second-order valence-electron chi connectivity index (χ2n) is 5.59. The molecule has 22 heavy (non-hydrogen) atoms. The van der Waals surface area contributed by atoms with Crippen LogP contribution >= 0.6 is 0 Å². The number of aromatic amines is 1. The Balaban J connectivity index is 2.07. The van der Waals surface area contributed by atoms with Crippen LogP contribution in [0.4, 0.5) is 0 Å². The third-order valence-electron chi connectivity index (χ3n) is 3.84. The summed E-state index contributed by atoms with van der Waals surface area (Å²) in [6.45, 7) is 4.00. The number of amides is 1. The molecular weight excluding hydrogens is 280 g/mol. The number of carboxylic acid groups (broad SMARTS) is 1. The van der Waals surface area contributed by atoms with Crippen LogP contribution in [0.5, 0.6) is 0 Å². The van der Waals surface area contributed by atoms with Crippen LogP contribution in [-0.2, 0) is 16.0 Å². The number of hydrogen-bond donors (Lipinski definition) is 3. The molecule has 0 fully saturated rings. The molecule has 0 aliphatic heterocycles. The van der Waals surface area contributed by atoms with Gasteiger partial charge in [-0.1, -0.05) is 38.0 Å². The normalized spacial score (nSPS) is 12.3. The molecule has 0 saturated heterocycles. The van der Waals surface area contributed by atoms with Gasteiger partial charge < -0.3 is 15.4 Å². The molecule has 0 aliphatic carbocycles. The van der Waals surface area contributed by atoms with Gasteiger partial charge in [-0.15, -0.1) is 0 Å². The summed E-state index contributed by atoms with van der Waals surface area (Å²) < 4.78 is 0. The highest BCUT2D eigenvalue weighted by Gasteiger charge is 2.20. The SMILES string of the molecule is CCCC[C@H](NC(=O)Cc1c[nH]c2c(C)cccc12)C(=O)O. The van der Waals surface area contributed by atoms with Crippen molar-refractivity contribution in [1.82, 2.24) is 10.3 Å². The zero-order valence-corrected chi connectivity index (χ0v) is 13.0. The van der Waals surface area contributed by atoms with E-state index >= 15 is 0 Å². The Labute approximate surface area is 129 Å². The molecule has 2 rings (SSSR count). The molecular formula is C17H22N2O3. The fourth-order valence-corrected chi connectivity index (χ4v) is 2.59. The van der Waals surface area contributed by atoms with Gasteiger partial charge in [0.25, 0.3) is 0 Å². The Hall–Kier alpha value is -2.30. The highest BCUT2D eigenvalue weighted by Crippen LogP contribution is 2.21. The lowest BCUT2D eigenvalue weighted by Gasteiger charge is -2.13. The van der Waals surface area contributed by atoms with E-state index in [9.17, 15) is 9.59 Å². The molecule has 1 heterocycles. The summed E-state index contributed by atoms with van der Waals surface area (Å²) in [4.78, 5) is 26.5. The lowest BCUT2D eigenvalue weighted by molar-refractivity contribution is -0.141. The number of carboxylic acids is 1. The van der Waals surface area contributed by atoms with Crippen LogP contribution in [0.15, 0.2) is 24.4 Å². The van der Waals surface area contributed by atoms with Gasteiger partial charge in [0.15, 0.2) is 0 Å². The largest absolute Gasteiger partial charge is 0.480 e. The number of para-hydroxylation sites is 1. The van der Waals surface area contributed by atoms with Crippen molar-refractivity contribution in [2.75, 3.05) is 0 Å². The fraction of sp³-hybridized carbons (Fsp3) is 0.412. The molecule has 1 amide bonds. The number of nitrogens with one attached hydrogen (secondary N) is 2. The van der Waals surface area contributed by atoms with Gasteiger partial charge in [-0.05, 0) is 24.5 Å². The minimum Gasteiger partial charge on any atom is -0.480 e. The molecule has 2 aromatic rings. The second-order valence-corrected chi connectivity index (χ2v) is 5.59. The molecule has 0 saturated carbocycles. The number of benzene rings is 1. The van der Waals surface area contributed by atoms with Crippen molar-refractivity contribution >= 4 is 22.8 Å². The summed E-state index contributed by atoms with van der Waals surface area (Å²) >= 11 is 0. The van der Waals surface area contributed by atoms with Gasteiger partial charge in [0.05, 0.1) is 6.42 Å².